The van der Waals surface area contributed by atoms with E-state index in [1.807, 2.05) is 0 Å². The lowest BCUT2D eigenvalue weighted by Crippen LogP contribution is -2.23. The lowest BCUT2D eigenvalue weighted by Gasteiger charge is -2.19. The Balaban J connectivity index is 2.41. The van der Waals surface area contributed by atoms with Gasteiger partial charge in [-0.3, -0.25) is 0 Å². The summed E-state index contributed by atoms with van der Waals surface area (Å²) >= 11 is 0. The minimum absolute atomic E-state index is 0.449. The molecule has 1 heteroatoms. The molecule has 2 N–H and O–H groups in total. The van der Waals surface area contributed by atoms with E-state index in [-0.39, 0.29) is 0 Å². The predicted molar refractivity (Wildman–Crippen MR) is 40.2 cm³/mol. The fraction of sp³-hybridized carbons (Fsp3) is 0.750. The summed E-state index contributed by atoms with van der Waals surface area (Å²) in [4.78, 5) is 0. The number of allylic oxidation sites excluding steroid dienone is 1. The molecule has 0 aliphatic heterocycles. The Morgan fingerprint density at radius 3 is 2.89 bits per heavy atom. The van der Waals surface area contributed by atoms with Crippen molar-refractivity contribution in [1.82, 2.24) is 0 Å². The van der Waals surface area contributed by atoms with Crippen molar-refractivity contribution in [3.05, 3.63) is 11.6 Å². The zero-order valence-electron chi connectivity index (χ0n) is 6.06. The smallest absolute Gasteiger partial charge is 0.00761 e. The molecule has 1 unspecified atom stereocenters. The molecule has 0 amide bonds. The second-order valence-corrected chi connectivity index (χ2v) is 2.80. The van der Waals surface area contributed by atoms with Gasteiger partial charge in [0.25, 0.3) is 0 Å². The molecule has 0 aromatic heterocycles. The van der Waals surface area contributed by atoms with Crippen LogP contribution in [-0.2, 0) is 0 Å². The van der Waals surface area contributed by atoms with Crippen LogP contribution in [0, 0.1) is 0 Å². The molecule has 1 rings (SSSR count). The van der Waals surface area contributed by atoms with Crippen LogP contribution in [0.3, 0.4) is 0 Å². The Morgan fingerprint density at radius 2 is 2.44 bits per heavy atom. The van der Waals surface area contributed by atoms with Gasteiger partial charge in [0.15, 0.2) is 0 Å². The van der Waals surface area contributed by atoms with E-state index in [0.29, 0.717) is 6.04 Å². The maximum absolute atomic E-state index is 5.76. The van der Waals surface area contributed by atoms with E-state index >= 15 is 0 Å². The van der Waals surface area contributed by atoms with Crippen LogP contribution in [0.2, 0.25) is 0 Å². The van der Waals surface area contributed by atoms with E-state index in [0.717, 1.165) is 6.42 Å². The lowest BCUT2D eigenvalue weighted by atomic mass is 9.91. The first-order chi connectivity index (χ1) is 4.33. The van der Waals surface area contributed by atoms with Gasteiger partial charge in [0, 0.05) is 6.04 Å². The normalized spacial score (nSPS) is 33.1. The number of nitrogens with two attached hydrogens (primary N) is 1. The maximum atomic E-state index is 5.76. The van der Waals surface area contributed by atoms with Gasteiger partial charge in [-0.25, -0.2) is 0 Å². The SMILES string of the molecule is CC=C1CCCC(N)C1. The molecule has 9 heavy (non-hydrogen) atoms. The van der Waals surface area contributed by atoms with Gasteiger partial charge in [-0.15, -0.1) is 0 Å². The summed E-state index contributed by atoms with van der Waals surface area (Å²) in [5.41, 5.74) is 7.31. The van der Waals surface area contributed by atoms with Crippen LogP contribution < -0.4 is 5.73 Å². The number of hydrogen-bond donors (Lipinski definition) is 1. The highest BCUT2D eigenvalue weighted by molar-refractivity contribution is 5.05. The van der Waals surface area contributed by atoms with Crippen LogP contribution in [0.5, 0.6) is 0 Å². The summed E-state index contributed by atoms with van der Waals surface area (Å²) in [5, 5.41) is 0. The van der Waals surface area contributed by atoms with Crippen molar-refractivity contribution in [2.75, 3.05) is 0 Å². The molecule has 0 saturated heterocycles. The van der Waals surface area contributed by atoms with Crippen molar-refractivity contribution < 1.29 is 0 Å². The Kier molecular flexibility index (Phi) is 2.29. The van der Waals surface area contributed by atoms with E-state index in [2.05, 4.69) is 13.0 Å². The Bertz CT molecular complexity index is 116. The topological polar surface area (TPSA) is 26.0 Å². The van der Waals surface area contributed by atoms with Gasteiger partial charge in [-0.2, -0.15) is 0 Å². The molecule has 0 aromatic carbocycles. The molecule has 0 radical (unpaired) electrons. The first-order valence-electron chi connectivity index (χ1n) is 3.72. The van der Waals surface area contributed by atoms with Gasteiger partial charge in [0.1, 0.15) is 0 Å². The van der Waals surface area contributed by atoms with Crippen molar-refractivity contribution in [3.63, 3.8) is 0 Å². The fourth-order valence-electron chi connectivity index (χ4n) is 1.39. The highest BCUT2D eigenvalue weighted by Crippen LogP contribution is 2.21. The third-order valence-corrected chi connectivity index (χ3v) is 2.01. The van der Waals surface area contributed by atoms with Crippen LogP contribution >= 0.6 is 0 Å². The predicted octanol–water partition coefficient (Wildman–Crippen LogP) is 1.83. The largest absolute Gasteiger partial charge is 0.327 e. The van der Waals surface area contributed by atoms with Crippen molar-refractivity contribution in [2.45, 2.75) is 38.6 Å². The van der Waals surface area contributed by atoms with Crippen molar-refractivity contribution in [2.24, 2.45) is 5.73 Å². The van der Waals surface area contributed by atoms with Gasteiger partial charge in [0.2, 0.25) is 0 Å². The van der Waals surface area contributed by atoms with Crippen LogP contribution in [0.15, 0.2) is 11.6 Å². The van der Waals surface area contributed by atoms with Crippen LogP contribution in [0.4, 0.5) is 0 Å². The van der Waals surface area contributed by atoms with Crippen LogP contribution in [0.1, 0.15) is 32.6 Å². The Hall–Kier alpha value is -0.300. The molecule has 1 aliphatic rings. The average Bonchev–Trinajstić information content (AvgIpc) is 1.88. The maximum Gasteiger partial charge on any atom is 0.00761 e. The Labute approximate surface area is 56.9 Å². The summed E-state index contributed by atoms with van der Waals surface area (Å²) in [6.45, 7) is 2.10. The molecular formula is C8H15N. The zero-order valence-corrected chi connectivity index (χ0v) is 6.06. The Morgan fingerprint density at radius 1 is 1.67 bits per heavy atom. The lowest BCUT2D eigenvalue weighted by molar-refractivity contribution is 0.517. The van der Waals surface area contributed by atoms with Crippen LogP contribution in [0.25, 0.3) is 0 Å². The van der Waals surface area contributed by atoms with Gasteiger partial charge in [-0.1, -0.05) is 11.6 Å². The highest BCUT2D eigenvalue weighted by Gasteiger charge is 2.11. The monoisotopic (exact) mass is 125 g/mol. The second-order valence-electron chi connectivity index (χ2n) is 2.80. The first-order valence-corrected chi connectivity index (χ1v) is 3.72. The first kappa shape index (κ1) is 6.81. The standard InChI is InChI=1S/C8H15N/c1-2-7-4-3-5-8(9)6-7/h2,8H,3-6,9H2,1H3. The molecule has 1 saturated carbocycles. The fourth-order valence-corrected chi connectivity index (χ4v) is 1.39. The van der Waals surface area contributed by atoms with E-state index < -0.39 is 0 Å². The average molecular weight is 125 g/mol. The molecule has 1 nitrogen and oxygen atoms in total. The van der Waals surface area contributed by atoms with E-state index in [1.54, 1.807) is 5.57 Å². The molecule has 52 valence electrons. The van der Waals surface area contributed by atoms with Crippen LogP contribution in [-0.4, -0.2) is 6.04 Å². The van der Waals surface area contributed by atoms with Crippen molar-refractivity contribution in [1.29, 1.82) is 0 Å². The number of rotatable bonds is 0. The highest BCUT2D eigenvalue weighted by atomic mass is 14.6. The minimum atomic E-state index is 0.449. The molecule has 0 aromatic rings. The zero-order chi connectivity index (χ0) is 6.69. The summed E-state index contributed by atoms with van der Waals surface area (Å²) in [7, 11) is 0. The molecule has 0 heterocycles. The van der Waals surface area contributed by atoms with Gasteiger partial charge in [-0.05, 0) is 32.6 Å². The van der Waals surface area contributed by atoms with Gasteiger partial charge < -0.3 is 5.73 Å². The summed E-state index contributed by atoms with van der Waals surface area (Å²) in [6.07, 6.45) is 7.14. The summed E-state index contributed by atoms with van der Waals surface area (Å²) in [5.74, 6) is 0. The third-order valence-electron chi connectivity index (χ3n) is 2.01. The van der Waals surface area contributed by atoms with E-state index in [4.69, 9.17) is 5.73 Å². The van der Waals surface area contributed by atoms with Gasteiger partial charge in [0.05, 0.1) is 0 Å². The molecule has 0 spiro atoms. The third kappa shape index (κ3) is 1.83. The molecule has 0 bridgehead atoms. The molecular weight excluding hydrogens is 110 g/mol. The molecule has 1 atom stereocenters. The van der Waals surface area contributed by atoms with E-state index in [9.17, 15) is 0 Å². The van der Waals surface area contributed by atoms with Gasteiger partial charge >= 0.3 is 0 Å². The minimum Gasteiger partial charge on any atom is -0.327 e. The summed E-state index contributed by atoms with van der Waals surface area (Å²) in [6, 6.07) is 0.449. The molecule has 1 fully saturated rings. The molecule has 1 aliphatic carbocycles. The second kappa shape index (κ2) is 3.02. The quantitative estimate of drug-likeness (QED) is 0.491. The van der Waals surface area contributed by atoms with E-state index in [1.165, 1.54) is 19.3 Å². The number of hydrogen-bond acceptors (Lipinski definition) is 1. The summed E-state index contributed by atoms with van der Waals surface area (Å²) < 4.78 is 0. The van der Waals surface area contributed by atoms with Crippen molar-refractivity contribution in [3.8, 4) is 0 Å². The van der Waals surface area contributed by atoms with Crippen molar-refractivity contribution >= 4 is 0 Å².